The van der Waals surface area contributed by atoms with E-state index in [1.165, 1.54) is 44.9 Å². The van der Waals surface area contributed by atoms with Gasteiger partial charge in [0.05, 0.1) is 0 Å². The maximum Gasteiger partial charge on any atom is 0.315 e. The number of carbonyl (C=O) groups is 1. The van der Waals surface area contributed by atoms with Crippen LogP contribution in [-0.4, -0.2) is 18.1 Å². The molecule has 0 aromatic heterocycles. The minimum Gasteiger partial charge on any atom is -0.338 e. The van der Waals surface area contributed by atoms with Gasteiger partial charge in [-0.1, -0.05) is 0 Å². The Labute approximate surface area is 123 Å². The van der Waals surface area contributed by atoms with Crippen molar-refractivity contribution in [2.45, 2.75) is 71.3 Å². The number of hydrogen-bond acceptors (Lipinski definition) is 1. The summed E-state index contributed by atoms with van der Waals surface area (Å²) in [6, 6.07) is -0.0118. The van der Waals surface area contributed by atoms with Gasteiger partial charge in [-0.05, 0) is 88.9 Å². The molecule has 20 heavy (non-hydrogen) atoms. The van der Waals surface area contributed by atoms with E-state index in [1.807, 2.05) is 20.8 Å². The van der Waals surface area contributed by atoms with Crippen molar-refractivity contribution in [3.8, 4) is 0 Å². The van der Waals surface area contributed by atoms with Crippen LogP contribution in [0.2, 0.25) is 0 Å². The highest BCUT2D eigenvalue weighted by Crippen LogP contribution is 2.61. The predicted octanol–water partition coefficient (Wildman–Crippen LogP) is 3.69. The van der Waals surface area contributed by atoms with E-state index in [9.17, 15) is 4.79 Å². The largest absolute Gasteiger partial charge is 0.338 e. The fraction of sp³-hybridized carbons (Fsp3) is 0.941. The lowest BCUT2D eigenvalue weighted by atomic mass is 9.49. The summed E-state index contributed by atoms with van der Waals surface area (Å²) < 4.78 is 0. The lowest BCUT2D eigenvalue weighted by Gasteiger charge is -2.57. The molecule has 0 spiro atoms. The average molecular weight is 278 g/mol. The molecule has 0 atom stereocenters. The molecule has 0 unspecified atom stereocenters. The van der Waals surface area contributed by atoms with Crippen LogP contribution in [-0.2, 0) is 0 Å². The number of carbonyl (C=O) groups excluding carboxylic acids is 1. The molecule has 4 bridgehead atoms. The zero-order valence-electron chi connectivity index (χ0n) is 13.3. The summed E-state index contributed by atoms with van der Waals surface area (Å²) in [6.07, 6.45) is 9.98. The van der Waals surface area contributed by atoms with Gasteiger partial charge in [0, 0.05) is 12.1 Å². The second kappa shape index (κ2) is 4.92. The Morgan fingerprint density at radius 1 is 1.05 bits per heavy atom. The Morgan fingerprint density at radius 3 is 2.00 bits per heavy atom. The van der Waals surface area contributed by atoms with Crippen LogP contribution < -0.4 is 10.6 Å². The molecule has 0 saturated heterocycles. The van der Waals surface area contributed by atoms with Gasteiger partial charge in [-0.3, -0.25) is 0 Å². The smallest absolute Gasteiger partial charge is 0.315 e. The molecular formula is C17H30N2O. The summed E-state index contributed by atoms with van der Waals surface area (Å²) in [5.41, 5.74) is 0.425. The molecule has 114 valence electrons. The summed E-state index contributed by atoms with van der Waals surface area (Å²) in [5, 5.41) is 6.04. The third-order valence-corrected chi connectivity index (χ3v) is 5.59. The molecule has 3 nitrogen and oxygen atoms in total. The maximum atomic E-state index is 11.8. The minimum absolute atomic E-state index is 0.0118. The van der Waals surface area contributed by atoms with E-state index in [4.69, 9.17) is 0 Å². The van der Waals surface area contributed by atoms with E-state index in [0.29, 0.717) is 5.41 Å². The quantitative estimate of drug-likeness (QED) is 0.812. The first-order valence-electron chi connectivity index (χ1n) is 8.40. The van der Waals surface area contributed by atoms with Gasteiger partial charge in [-0.2, -0.15) is 0 Å². The van der Waals surface area contributed by atoms with E-state index >= 15 is 0 Å². The second-order valence-electron chi connectivity index (χ2n) is 8.80. The number of urea groups is 1. The molecule has 4 aliphatic rings. The van der Waals surface area contributed by atoms with Crippen LogP contribution in [0.25, 0.3) is 0 Å². The zero-order chi connectivity index (χ0) is 14.4. The van der Waals surface area contributed by atoms with Crippen molar-refractivity contribution >= 4 is 6.03 Å². The fourth-order valence-corrected chi connectivity index (χ4v) is 5.42. The van der Waals surface area contributed by atoms with Crippen molar-refractivity contribution in [3.05, 3.63) is 0 Å². The molecule has 4 fully saturated rings. The first kappa shape index (κ1) is 14.2. The van der Waals surface area contributed by atoms with Crippen molar-refractivity contribution in [1.29, 1.82) is 0 Å². The van der Waals surface area contributed by atoms with E-state index in [-0.39, 0.29) is 11.6 Å². The molecule has 0 aromatic rings. The second-order valence-corrected chi connectivity index (χ2v) is 8.80. The molecule has 2 N–H and O–H groups in total. The van der Waals surface area contributed by atoms with Crippen LogP contribution >= 0.6 is 0 Å². The average Bonchev–Trinajstić information content (AvgIpc) is 2.23. The summed E-state index contributed by atoms with van der Waals surface area (Å²) in [6.45, 7) is 6.90. The van der Waals surface area contributed by atoms with Gasteiger partial charge in [-0.25, -0.2) is 4.79 Å². The third-order valence-electron chi connectivity index (χ3n) is 5.59. The summed E-state index contributed by atoms with van der Waals surface area (Å²) in [4.78, 5) is 11.8. The van der Waals surface area contributed by atoms with E-state index in [1.54, 1.807) is 0 Å². The Bertz CT molecular complexity index is 348. The molecule has 0 heterocycles. The van der Waals surface area contributed by atoms with E-state index < -0.39 is 0 Å². The van der Waals surface area contributed by atoms with Gasteiger partial charge >= 0.3 is 6.03 Å². The van der Waals surface area contributed by atoms with Crippen molar-refractivity contribution < 1.29 is 4.79 Å². The lowest BCUT2D eigenvalue weighted by Crippen LogP contribution is -2.49. The molecule has 4 saturated carbocycles. The zero-order valence-corrected chi connectivity index (χ0v) is 13.3. The van der Waals surface area contributed by atoms with Crippen molar-refractivity contribution in [3.63, 3.8) is 0 Å². The van der Waals surface area contributed by atoms with Crippen LogP contribution in [0.5, 0.6) is 0 Å². The van der Waals surface area contributed by atoms with Crippen molar-refractivity contribution in [1.82, 2.24) is 10.6 Å². The van der Waals surface area contributed by atoms with Gasteiger partial charge in [0.25, 0.3) is 0 Å². The Morgan fingerprint density at radius 2 is 1.55 bits per heavy atom. The third kappa shape index (κ3) is 3.12. The topological polar surface area (TPSA) is 41.1 Å². The Balaban J connectivity index is 1.48. The normalized spacial score (nSPS) is 38.9. The fourth-order valence-electron chi connectivity index (χ4n) is 5.42. The summed E-state index contributed by atoms with van der Waals surface area (Å²) in [5.74, 6) is 3.01. The Hall–Kier alpha value is -0.730. The number of hydrogen-bond donors (Lipinski definition) is 2. The molecule has 3 heteroatoms. The van der Waals surface area contributed by atoms with Gasteiger partial charge < -0.3 is 10.6 Å². The molecule has 2 amide bonds. The standard InChI is InChI=1S/C17H30N2O/c1-16(2,3)19-15(20)18-5-4-17-9-12-6-13(10-17)8-14(7-12)11-17/h12-14H,4-11H2,1-3H3,(H2,18,19,20). The molecule has 0 radical (unpaired) electrons. The molecule has 4 rings (SSSR count). The summed E-state index contributed by atoms with van der Waals surface area (Å²) in [7, 11) is 0. The monoisotopic (exact) mass is 278 g/mol. The van der Waals surface area contributed by atoms with Crippen molar-refractivity contribution in [2.75, 3.05) is 6.54 Å². The van der Waals surface area contributed by atoms with Gasteiger partial charge in [0.1, 0.15) is 0 Å². The SMILES string of the molecule is CC(C)(C)NC(=O)NCCC12CC3CC(CC(C3)C1)C2. The van der Waals surface area contributed by atoms with E-state index in [0.717, 1.165) is 24.3 Å². The Kier molecular flexibility index (Phi) is 3.50. The highest BCUT2D eigenvalue weighted by molar-refractivity contribution is 5.74. The maximum absolute atomic E-state index is 11.8. The molecular weight excluding hydrogens is 248 g/mol. The highest BCUT2D eigenvalue weighted by atomic mass is 16.2. The van der Waals surface area contributed by atoms with E-state index in [2.05, 4.69) is 10.6 Å². The van der Waals surface area contributed by atoms with Crippen LogP contribution in [0.4, 0.5) is 4.79 Å². The molecule has 0 aliphatic heterocycles. The van der Waals surface area contributed by atoms with Crippen LogP contribution in [0, 0.1) is 23.2 Å². The van der Waals surface area contributed by atoms with Crippen molar-refractivity contribution in [2.24, 2.45) is 23.2 Å². The van der Waals surface area contributed by atoms with Gasteiger partial charge in [-0.15, -0.1) is 0 Å². The van der Waals surface area contributed by atoms with Crippen LogP contribution in [0.1, 0.15) is 65.7 Å². The number of rotatable bonds is 3. The first-order valence-corrected chi connectivity index (χ1v) is 8.40. The molecule has 4 aliphatic carbocycles. The van der Waals surface area contributed by atoms with Gasteiger partial charge in [0.15, 0.2) is 0 Å². The number of amides is 2. The predicted molar refractivity (Wildman–Crippen MR) is 81.5 cm³/mol. The molecule has 0 aromatic carbocycles. The first-order chi connectivity index (χ1) is 9.34. The minimum atomic E-state index is -0.148. The lowest BCUT2D eigenvalue weighted by molar-refractivity contribution is -0.0563. The van der Waals surface area contributed by atoms with Crippen LogP contribution in [0.15, 0.2) is 0 Å². The number of nitrogens with one attached hydrogen (secondary N) is 2. The van der Waals surface area contributed by atoms with Crippen LogP contribution in [0.3, 0.4) is 0 Å². The van der Waals surface area contributed by atoms with Gasteiger partial charge in [0.2, 0.25) is 0 Å². The summed E-state index contributed by atoms with van der Waals surface area (Å²) >= 11 is 0. The highest BCUT2D eigenvalue weighted by Gasteiger charge is 2.50.